The first-order valence-electron chi connectivity index (χ1n) is 5.52. The summed E-state index contributed by atoms with van der Waals surface area (Å²) in [4.78, 5) is 0. The third-order valence-electron chi connectivity index (χ3n) is 2.89. The van der Waals surface area contributed by atoms with Gasteiger partial charge in [-0.3, -0.25) is 5.32 Å². The number of nitrogens with one attached hydrogen (secondary N) is 1. The SMILES string of the molecule is CO/C(=C/CO)C1C[C@@H]2OC(C)(C)O[C@@H]2N1. The predicted octanol–water partition coefficient (Wildman–Crippen LogP) is 0.348. The van der Waals surface area contributed by atoms with Crippen LogP contribution in [0.3, 0.4) is 0 Å². The number of fused-ring (bicyclic) bond motifs is 1. The lowest BCUT2D eigenvalue weighted by Crippen LogP contribution is -2.35. The summed E-state index contributed by atoms with van der Waals surface area (Å²) in [6.45, 7) is 3.79. The van der Waals surface area contributed by atoms with Crippen molar-refractivity contribution in [3.63, 3.8) is 0 Å². The molecule has 2 aliphatic rings. The van der Waals surface area contributed by atoms with E-state index in [-0.39, 0.29) is 25.0 Å². The number of methoxy groups -OCH3 is 1. The van der Waals surface area contributed by atoms with E-state index in [1.165, 1.54) is 0 Å². The summed E-state index contributed by atoms with van der Waals surface area (Å²) < 4.78 is 16.7. The molecule has 0 saturated carbocycles. The summed E-state index contributed by atoms with van der Waals surface area (Å²) in [5.41, 5.74) is 0. The van der Waals surface area contributed by atoms with E-state index in [4.69, 9.17) is 19.3 Å². The number of rotatable bonds is 3. The second kappa shape index (κ2) is 4.33. The van der Waals surface area contributed by atoms with Crippen LogP contribution in [0.1, 0.15) is 20.3 Å². The van der Waals surface area contributed by atoms with E-state index >= 15 is 0 Å². The number of aliphatic hydroxyl groups excluding tert-OH is 1. The molecule has 2 fully saturated rings. The van der Waals surface area contributed by atoms with Crippen molar-refractivity contribution < 1.29 is 19.3 Å². The van der Waals surface area contributed by atoms with Crippen LogP contribution >= 0.6 is 0 Å². The second-order valence-corrected chi connectivity index (χ2v) is 4.54. The smallest absolute Gasteiger partial charge is 0.165 e. The van der Waals surface area contributed by atoms with Crippen molar-refractivity contribution >= 4 is 0 Å². The van der Waals surface area contributed by atoms with Gasteiger partial charge in [0, 0.05) is 6.42 Å². The molecule has 3 atom stereocenters. The highest BCUT2D eigenvalue weighted by Crippen LogP contribution is 2.35. The third-order valence-corrected chi connectivity index (χ3v) is 2.89. The number of ether oxygens (including phenoxy) is 3. The molecule has 0 aromatic heterocycles. The molecular weight excluding hydrogens is 210 g/mol. The molecule has 0 aromatic rings. The fourth-order valence-electron chi connectivity index (χ4n) is 2.30. The Morgan fingerprint density at radius 1 is 1.56 bits per heavy atom. The molecule has 2 rings (SSSR count). The minimum absolute atomic E-state index is 0.0239. The van der Waals surface area contributed by atoms with Gasteiger partial charge in [0.1, 0.15) is 18.1 Å². The molecule has 2 saturated heterocycles. The van der Waals surface area contributed by atoms with E-state index in [2.05, 4.69) is 5.32 Å². The van der Waals surface area contributed by atoms with E-state index in [0.717, 1.165) is 12.2 Å². The van der Waals surface area contributed by atoms with Crippen LogP contribution < -0.4 is 5.32 Å². The zero-order chi connectivity index (χ0) is 11.8. The second-order valence-electron chi connectivity index (χ2n) is 4.54. The molecule has 2 heterocycles. The van der Waals surface area contributed by atoms with Crippen LogP contribution in [-0.2, 0) is 14.2 Å². The van der Waals surface area contributed by atoms with Gasteiger partial charge in [-0.1, -0.05) is 0 Å². The first-order valence-corrected chi connectivity index (χ1v) is 5.52. The van der Waals surface area contributed by atoms with E-state index < -0.39 is 5.79 Å². The van der Waals surface area contributed by atoms with Crippen molar-refractivity contribution in [2.75, 3.05) is 13.7 Å². The average molecular weight is 229 g/mol. The van der Waals surface area contributed by atoms with Gasteiger partial charge in [0.2, 0.25) is 0 Å². The van der Waals surface area contributed by atoms with Gasteiger partial charge in [-0.05, 0) is 19.9 Å². The quantitative estimate of drug-likeness (QED) is 0.684. The zero-order valence-corrected chi connectivity index (χ0v) is 9.90. The molecule has 0 radical (unpaired) electrons. The van der Waals surface area contributed by atoms with Crippen molar-refractivity contribution in [2.24, 2.45) is 0 Å². The molecule has 5 nitrogen and oxygen atoms in total. The first kappa shape index (κ1) is 11.9. The molecule has 16 heavy (non-hydrogen) atoms. The molecule has 0 amide bonds. The van der Waals surface area contributed by atoms with Crippen LogP contribution in [0.2, 0.25) is 0 Å². The van der Waals surface area contributed by atoms with Gasteiger partial charge >= 0.3 is 0 Å². The Balaban J connectivity index is 1.98. The highest BCUT2D eigenvalue weighted by molar-refractivity contribution is 5.09. The monoisotopic (exact) mass is 229 g/mol. The minimum atomic E-state index is -0.513. The van der Waals surface area contributed by atoms with Crippen molar-refractivity contribution in [1.82, 2.24) is 5.32 Å². The zero-order valence-electron chi connectivity index (χ0n) is 9.90. The summed E-state index contributed by atoms with van der Waals surface area (Å²) in [5.74, 6) is 0.225. The number of aliphatic hydroxyl groups is 1. The van der Waals surface area contributed by atoms with Gasteiger partial charge in [-0.25, -0.2) is 0 Å². The fraction of sp³-hybridized carbons (Fsp3) is 0.818. The summed E-state index contributed by atoms with van der Waals surface area (Å²) in [6.07, 6.45) is 2.42. The predicted molar refractivity (Wildman–Crippen MR) is 57.5 cm³/mol. The molecule has 0 spiro atoms. The van der Waals surface area contributed by atoms with Gasteiger partial charge in [0.05, 0.1) is 19.8 Å². The summed E-state index contributed by atoms with van der Waals surface area (Å²) in [5, 5.41) is 12.2. The van der Waals surface area contributed by atoms with Crippen molar-refractivity contribution in [2.45, 2.75) is 44.4 Å². The summed E-state index contributed by atoms with van der Waals surface area (Å²) >= 11 is 0. The van der Waals surface area contributed by atoms with E-state index in [1.54, 1.807) is 13.2 Å². The molecule has 1 unspecified atom stereocenters. The van der Waals surface area contributed by atoms with Gasteiger partial charge in [0.15, 0.2) is 5.79 Å². The average Bonchev–Trinajstić information content (AvgIpc) is 2.67. The highest BCUT2D eigenvalue weighted by Gasteiger charge is 2.48. The van der Waals surface area contributed by atoms with Crippen LogP contribution in [0.25, 0.3) is 0 Å². The molecule has 2 aliphatic heterocycles. The van der Waals surface area contributed by atoms with Crippen LogP contribution in [0.5, 0.6) is 0 Å². The maximum absolute atomic E-state index is 8.87. The maximum atomic E-state index is 8.87. The van der Waals surface area contributed by atoms with Crippen LogP contribution in [-0.4, -0.2) is 43.0 Å². The van der Waals surface area contributed by atoms with Crippen molar-refractivity contribution in [3.8, 4) is 0 Å². The minimum Gasteiger partial charge on any atom is -0.500 e. The van der Waals surface area contributed by atoms with Gasteiger partial charge in [-0.2, -0.15) is 0 Å². The molecule has 0 bridgehead atoms. The van der Waals surface area contributed by atoms with Gasteiger partial charge in [0.25, 0.3) is 0 Å². The molecule has 92 valence electrons. The van der Waals surface area contributed by atoms with Gasteiger partial charge < -0.3 is 19.3 Å². The lowest BCUT2D eigenvalue weighted by atomic mass is 10.1. The van der Waals surface area contributed by atoms with Crippen molar-refractivity contribution in [3.05, 3.63) is 11.8 Å². The Bertz CT molecular complexity index is 274. The maximum Gasteiger partial charge on any atom is 0.165 e. The fourth-order valence-corrected chi connectivity index (χ4v) is 2.30. The lowest BCUT2D eigenvalue weighted by molar-refractivity contribution is -0.155. The Morgan fingerprint density at radius 2 is 2.31 bits per heavy atom. The van der Waals surface area contributed by atoms with Crippen LogP contribution in [0.4, 0.5) is 0 Å². The topological polar surface area (TPSA) is 60.0 Å². The number of hydrogen-bond acceptors (Lipinski definition) is 5. The summed E-state index contributed by atoms with van der Waals surface area (Å²) in [7, 11) is 1.60. The van der Waals surface area contributed by atoms with E-state index in [1.807, 2.05) is 13.8 Å². The Hall–Kier alpha value is -0.620. The number of hydrogen-bond donors (Lipinski definition) is 2. The largest absolute Gasteiger partial charge is 0.500 e. The van der Waals surface area contributed by atoms with Crippen LogP contribution in [0, 0.1) is 0 Å². The Kier molecular flexibility index (Phi) is 3.21. The lowest BCUT2D eigenvalue weighted by Gasteiger charge is -2.21. The van der Waals surface area contributed by atoms with E-state index in [9.17, 15) is 0 Å². The standard InChI is InChI=1S/C11H19NO4/c1-11(2)15-9-6-7(12-10(9)16-11)8(14-3)4-5-13/h4,7,9-10,12-13H,5-6H2,1-3H3/b8-4+/t7?,9-,10-/m0/s1. The third kappa shape index (κ3) is 2.22. The highest BCUT2D eigenvalue weighted by atomic mass is 16.8. The van der Waals surface area contributed by atoms with Crippen molar-refractivity contribution in [1.29, 1.82) is 0 Å². The first-order chi connectivity index (χ1) is 7.55. The molecule has 0 aromatic carbocycles. The molecule has 0 aliphatic carbocycles. The Labute approximate surface area is 95.4 Å². The van der Waals surface area contributed by atoms with Crippen LogP contribution in [0.15, 0.2) is 11.8 Å². The molecular formula is C11H19NO4. The Morgan fingerprint density at radius 3 is 2.88 bits per heavy atom. The molecule has 5 heteroatoms. The summed E-state index contributed by atoms with van der Waals surface area (Å²) in [6, 6.07) is 0.0586. The van der Waals surface area contributed by atoms with E-state index in [0.29, 0.717) is 0 Å². The normalized spacial score (nSPS) is 37.5. The molecule has 2 N–H and O–H groups in total. The van der Waals surface area contributed by atoms with Gasteiger partial charge in [-0.15, -0.1) is 0 Å².